The molecule has 7 heteroatoms. The normalized spacial score (nSPS) is 11.1. The first kappa shape index (κ1) is 21.8. The molecule has 0 saturated heterocycles. The number of aryl methyl sites for hydroxylation is 1. The van der Waals surface area contributed by atoms with Crippen molar-refractivity contribution < 1.29 is 14.3 Å². The Hall–Kier alpha value is -3.89. The van der Waals surface area contributed by atoms with Crippen molar-refractivity contribution in [1.82, 2.24) is 15.1 Å². The standard InChI is InChI=1S/C24H24N4O3/c1-17-13-18(9-10-22(17)31-3)23-20(14-19(15-25)24(29)26-11-12-30-2)16-28(27-23)21-7-5-4-6-8-21/h4-10,13-14,16H,11-12H2,1-3H3,(H,26,29). The quantitative estimate of drug-likeness (QED) is 0.345. The van der Waals surface area contributed by atoms with Gasteiger partial charge in [0.1, 0.15) is 23.1 Å². The number of carbonyl (C=O) groups is 1. The first-order valence-electron chi connectivity index (χ1n) is 9.76. The number of hydrogen-bond donors (Lipinski definition) is 1. The maximum atomic E-state index is 12.4. The second kappa shape index (κ2) is 10.2. The maximum Gasteiger partial charge on any atom is 0.262 e. The molecule has 3 rings (SSSR count). The second-order valence-electron chi connectivity index (χ2n) is 6.82. The van der Waals surface area contributed by atoms with Crippen LogP contribution in [0.1, 0.15) is 11.1 Å². The summed E-state index contributed by atoms with van der Waals surface area (Å²) in [4.78, 5) is 12.4. The predicted molar refractivity (Wildman–Crippen MR) is 119 cm³/mol. The molecule has 0 radical (unpaired) electrons. The van der Waals surface area contributed by atoms with Crippen LogP contribution >= 0.6 is 0 Å². The van der Waals surface area contributed by atoms with Gasteiger partial charge in [-0.2, -0.15) is 10.4 Å². The number of nitrogens with zero attached hydrogens (tertiary/aromatic N) is 3. The lowest BCUT2D eigenvalue weighted by atomic mass is 10.0. The Morgan fingerprint density at radius 3 is 2.65 bits per heavy atom. The van der Waals surface area contributed by atoms with E-state index in [9.17, 15) is 10.1 Å². The van der Waals surface area contributed by atoms with Crippen LogP contribution in [0.25, 0.3) is 23.0 Å². The highest BCUT2D eigenvalue weighted by molar-refractivity contribution is 6.02. The third-order valence-electron chi connectivity index (χ3n) is 4.69. The molecule has 1 heterocycles. The second-order valence-corrected chi connectivity index (χ2v) is 6.82. The van der Waals surface area contributed by atoms with Gasteiger partial charge in [0, 0.05) is 31.0 Å². The summed E-state index contributed by atoms with van der Waals surface area (Å²) >= 11 is 0. The Morgan fingerprint density at radius 2 is 2.00 bits per heavy atom. The van der Waals surface area contributed by atoms with Crippen LogP contribution < -0.4 is 10.1 Å². The third-order valence-corrected chi connectivity index (χ3v) is 4.69. The number of amides is 1. The highest BCUT2D eigenvalue weighted by Crippen LogP contribution is 2.29. The van der Waals surface area contributed by atoms with E-state index in [0.29, 0.717) is 24.4 Å². The van der Waals surface area contributed by atoms with Crippen LogP contribution in [0.2, 0.25) is 0 Å². The van der Waals surface area contributed by atoms with Crippen molar-refractivity contribution in [2.75, 3.05) is 27.4 Å². The van der Waals surface area contributed by atoms with Gasteiger partial charge in [-0.3, -0.25) is 4.79 Å². The molecule has 1 amide bonds. The molecule has 0 aliphatic heterocycles. The summed E-state index contributed by atoms with van der Waals surface area (Å²) in [6, 6.07) is 17.4. The minimum atomic E-state index is -0.455. The summed E-state index contributed by atoms with van der Waals surface area (Å²) in [6.45, 7) is 2.64. The Kier molecular flexibility index (Phi) is 7.20. The van der Waals surface area contributed by atoms with E-state index < -0.39 is 5.91 Å². The number of aromatic nitrogens is 2. The monoisotopic (exact) mass is 416 g/mol. The summed E-state index contributed by atoms with van der Waals surface area (Å²) in [6.07, 6.45) is 3.37. The fraction of sp³-hybridized carbons (Fsp3) is 0.208. The number of para-hydroxylation sites is 1. The lowest BCUT2D eigenvalue weighted by Gasteiger charge is -2.07. The summed E-state index contributed by atoms with van der Waals surface area (Å²) in [5, 5.41) is 17.0. The molecule has 0 saturated carbocycles. The molecule has 0 spiro atoms. The zero-order valence-electron chi connectivity index (χ0n) is 17.8. The Labute approximate surface area is 181 Å². The van der Waals surface area contributed by atoms with Gasteiger partial charge in [-0.05, 0) is 48.9 Å². The maximum absolute atomic E-state index is 12.4. The number of benzene rings is 2. The number of nitriles is 1. The Bertz CT molecular complexity index is 1130. The Morgan fingerprint density at radius 1 is 1.23 bits per heavy atom. The molecule has 1 aromatic heterocycles. The van der Waals surface area contributed by atoms with Gasteiger partial charge < -0.3 is 14.8 Å². The average molecular weight is 416 g/mol. The van der Waals surface area contributed by atoms with Crippen LogP contribution in [0, 0.1) is 18.3 Å². The van der Waals surface area contributed by atoms with E-state index in [1.54, 1.807) is 25.0 Å². The highest BCUT2D eigenvalue weighted by atomic mass is 16.5. The minimum absolute atomic E-state index is 0.00445. The molecule has 3 aromatic rings. The first-order chi connectivity index (χ1) is 15.1. The van der Waals surface area contributed by atoms with Crippen molar-refractivity contribution in [3.8, 4) is 28.8 Å². The largest absolute Gasteiger partial charge is 0.496 e. The highest BCUT2D eigenvalue weighted by Gasteiger charge is 2.16. The van der Waals surface area contributed by atoms with Gasteiger partial charge in [-0.25, -0.2) is 4.68 Å². The van der Waals surface area contributed by atoms with Gasteiger partial charge in [0.15, 0.2) is 0 Å². The number of carbonyl (C=O) groups excluding carboxylic acids is 1. The van der Waals surface area contributed by atoms with Crippen molar-refractivity contribution in [1.29, 1.82) is 5.26 Å². The van der Waals surface area contributed by atoms with Crippen LogP contribution in [0.15, 0.2) is 60.3 Å². The molecular weight excluding hydrogens is 392 g/mol. The van der Waals surface area contributed by atoms with Gasteiger partial charge in [-0.1, -0.05) is 18.2 Å². The lowest BCUT2D eigenvalue weighted by molar-refractivity contribution is -0.117. The van der Waals surface area contributed by atoms with Crippen LogP contribution in [0.5, 0.6) is 5.75 Å². The predicted octanol–water partition coefficient (Wildman–Crippen LogP) is 3.53. The molecule has 0 fully saturated rings. The molecule has 2 aromatic carbocycles. The third kappa shape index (κ3) is 5.18. The molecule has 0 unspecified atom stereocenters. The van der Waals surface area contributed by atoms with Gasteiger partial charge in [0.2, 0.25) is 0 Å². The summed E-state index contributed by atoms with van der Waals surface area (Å²) in [5.74, 6) is 0.322. The van der Waals surface area contributed by atoms with Crippen molar-refractivity contribution in [2.45, 2.75) is 6.92 Å². The van der Waals surface area contributed by atoms with Gasteiger partial charge in [0.05, 0.1) is 19.4 Å². The SMILES string of the molecule is COCCNC(=O)C(C#N)=Cc1cn(-c2ccccc2)nc1-c1ccc(OC)c(C)c1. The van der Waals surface area contributed by atoms with Crippen LogP contribution in [0.4, 0.5) is 0 Å². The molecule has 158 valence electrons. The average Bonchev–Trinajstić information content (AvgIpc) is 3.22. The summed E-state index contributed by atoms with van der Waals surface area (Å²) in [5.41, 5.74) is 4.00. The van der Waals surface area contributed by atoms with Crippen molar-refractivity contribution in [3.63, 3.8) is 0 Å². The van der Waals surface area contributed by atoms with E-state index in [2.05, 4.69) is 5.32 Å². The van der Waals surface area contributed by atoms with E-state index in [-0.39, 0.29) is 5.57 Å². The van der Waals surface area contributed by atoms with Crippen LogP contribution in [-0.2, 0) is 9.53 Å². The Balaban J connectivity index is 2.07. The first-order valence-corrected chi connectivity index (χ1v) is 9.76. The molecule has 31 heavy (non-hydrogen) atoms. The van der Waals surface area contributed by atoms with Gasteiger partial charge >= 0.3 is 0 Å². The summed E-state index contributed by atoms with van der Waals surface area (Å²) < 4.78 is 12.0. The molecule has 0 bridgehead atoms. The van der Waals surface area contributed by atoms with Gasteiger partial charge in [-0.15, -0.1) is 0 Å². The number of ether oxygens (including phenoxy) is 2. The minimum Gasteiger partial charge on any atom is -0.496 e. The van der Waals surface area contributed by atoms with E-state index in [0.717, 1.165) is 22.6 Å². The van der Waals surface area contributed by atoms with Gasteiger partial charge in [0.25, 0.3) is 5.91 Å². The van der Waals surface area contributed by atoms with E-state index in [4.69, 9.17) is 14.6 Å². The van der Waals surface area contributed by atoms with Crippen molar-refractivity contribution in [2.24, 2.45) is 0 Å². The zero-order valence-corrected chi connectivity index (χ0v) is 17.8. The smallest absolute Gasteiger partial charge is 0.262 e. The molecule has 0 aliphatic rings. The number of methoxy groups -OCH3 is 2. The van der Waals surface area contributed by atoms with E-state index in [1.807, 2.05) is 67.7 Å². The van der Waals surface area contributed by atoms with Crippen LogP contribution in [0.3, 0.4) is 0 Å². The van der Waals surface area contributed by atoms with Crippen molar-refractivity contribution >= 4 is 12.0 Å². The number of nitrogens with one attached hydrogen (secondary N) is 1. The fourth-order valence-corrected chi connectivity index (χ4v) is 3.12. The number of hydrogen-bond acceptors (Lipinski definition) is 5. The van der Waals surface area contributed by atoms with E-state index in [1.165, 1.54) is 0 Å². The summed E-state index contributed by atoms with van der Waals surface area (Å²) in [7, 11) is 3.18. The van der Waals surface area contributed by atoms with Crippen LogP contribution in [-0.4, -0.2) is 43.1 Å². The molecule has 1 N–H and O–H groups in total. The lowest BCUT2D eigenvalue weighted by Crippen LogP contribution is -2.27. The zero-order chi connectivity index (χ0) is 22.2. The molecule has 7 nitrogen and oxygen atoms in total. The number of rotatable bonds is 8. The van der Waals surface area contributed by atoms with E-state index >= 15 is 0 Å². The molecule has 0 aliphatic carbocycles. The fourth-order valence-electron chi connectivity index (χ4n) is 3.12. The molecule has 0 atom stereocenters. The molecular formula is C24H24N4O3. The van der Waals surface area contributed by atoms with Crippen molar-refractivity contribution in [3.05, 3.63) is 71.4 Å². The topological polar surface area (TPSA) is 89.2 Å².